The highest BCUT2D eigenvalue weighted by molar-refractivity contribution is 5.85. The minimum absolute atomic E-state index is 0. The Morgan fingerprint density at radius 1 is 0.923 bits per heavy atom. The number of nitrogens with one attached hydrogen (secondary N) is 1. The van der Waals surface area contributed by atoms with Crippen molar-refractivity contribution in [1.82, 2.24) is 5.32 Å². The summed E-state index contributed by atoms with van der Waals surface area (Å²) in [5.74, 6) is 0.557. The van der Waals surface area contributed by atoms with Gasteiger partial charge >= 0.3 is 0 Å². The number of hydrogen-bond acceptors (Lipinski definition) is 2. The normalized spacial score (nSPS) is 10.4. The lowest BCUT2D eigenvalue weighted by atomic mass is 10.1. The lowest BCUT2D eigenvalue weighted by molar-refractivity contribution is 0.299. The van der Waals surface area contributed by atoms with Gasteiger partial charge in [0.1, 0.15) is 18.2 Å². The fourth-order valence-corrected chi connectivity index (χ4v) is 2.78. The number of halogens is 2. The molecule has 0 amide bonds. The maximum Gasteiger partial charge on any atom is 0.129 e. The molecule has 0 saturated carbocycles. The molecule has 0 radical (unpaired) electrons. The average molecular weight is 380 g/mol. The first-order chi connectivity index (χ1) is 12.3. The van der Waals surface area contributed by atoms with Crippen LogP contribution in [0.2, 0.25) is 0 Å². The zero-order chi connectivity index (χ0) is 17.7. The van der Waals surface area contributed by atoms with E-state index in [1.54, 1.807) is 12.1 Å². The van der Waals surface area contributed by atoms with Crippen LogP contribution in [0.5, 0.6) is 5.75 Å². The second-order valence-corrected chi connectivity index (χ2v) is 6.47. The Hall–Kier alpha value is -1.58. The van der Waals surface area contributed by atoms with E-state index < -0.39 is 0 Å². The lowest BCUT2D eigenvalue weighted by Crippen LogP contribution is -2.14. The fourth-order valence-electron chi connectivity index (χ4n) is 2.78. The third kappa shape index (κ3) is 8.68. The molecule has 144 valence electrons. The van der Waals surface area contributed by atoms with Gasteiger partial charge in [-0.15, -0.1) is 12.4 Å². The molecule has 0 heterocycles. The Balaban J connectivity index is 0.00000338. The maximum absolute atomic E-state index is 13.6. The number of benzene rings is 2. The van der Waals surface area contributed by atoms with E-state index in [0.717, 1.165) is 18.8 Å². The highest BCUT2D eigenvalue weighted by Crippen LogP contribution is 2.16. The summed E-state index contributed by atoms with van der Waals surface area (Å²) in [6, 6.07) is 14.7. The van der Waals surface area contributed by atoms with E-state index in [-0.39, 0.29) is 24.8 Å². The highest BCUT2D eigenvalue weighted by atomic mass is 35.5. The molecule has 2 aromatic carbocycles. The zero-order valence-corrected chi connectivity index (χ0v) is 16.5. The summed E-state index contributed by atoms with van der Waals surface area (Å²) < 4.78 is 19.3. The predicted octanol–water partition coefficient (Wildman–Crippen LogP) is 6.28. The van der Waals surface area contributed by atoms with Crippen LogP contribution in [-0.4, -0.2) is 6.54 Å². The van der Waals surface area contributed by atoms with Gasteiger partial charge in [0.2, 0.25) is 0 Å². The van der Waals surface area contributed by atoms with Crippen molar-refractivity contribution < 1.29 is 9.13 Å². The van der Waals surface area contributed by atoms with E-state index in [1.165, 1.54) is 50.2 Å². The van der Waals surface area contributed by atoms with Crippen LogP contribution in [0.3, 0.4) is 0 Å². The van der Waals surface area contributed by atoms with Crippen molar-refractivity contribution in [3.63, 3.8) is 0 Å². The van der Waals surface area contributed by atoms with Crippen molar-refractivity contribution in [2.24, 2.45) is 0 Å². The van der Waals surface area contributed by atoms with E-state index >= 15 is 0 Å². The van der Waals surface area contributed by atoms with E-state index in [9.17, 15) is 4.39 Å². The van der Waals surface area contributed by atoms with Crippen LogP contribution in [0.1, 0.15) is 56.6 Å². The minimum atomic E-state index is -0.223. The quantitative estimate of drug-likeness (QED) is 0.438. The Labute approximate surface area is 163 Å². The van der Waals surface area contributed by atoms with Gasteiger partial charge in [-0.25, -0.2) is 4.39 Å². The van der Waals surface area contributed by atoms with Gasteiger partial charge in [0, 0.05) is 12.1 Å². The van der Waals surface area contributed by atoms with Crippen LogP contribution in [0.4, 0.5) is 4.39 Å². The minimum Gasteiger partial charge on any atom is -0.489 e. The molecule has 2 nitrogen and oxygen atoms in total. The Morgan fingerprint density at radius 3 is 2.50 bits per heavy atom. The van der Waals surface area contributed by atoms with E-state index in [0.29, 0.717) is 5.56 Å². The average Bonchev–Trinajstić information content (AvgIpc) is 2.64. The number of hydrogen-bond donors (Lipinski definition) is 1. The van der Waals surface area contributed by atoms with Crippen molar-refractivity contribution >= 4 is 12.4 Å². The summed E-state index contributed by atoms with van der Waals surface area (Å²) in [5, 5.41) is 3.49. The third-order valence-corrected chi connectivity index (χ3v) is 4.29. The zero-order valence-electron chi connectivity index (χ0n) is 15.7. The van der Waals surface area contributed by atoms with Crippen molar-refractivity contribution in [2.75, 3.05) is 6.54 Å². The van der Waals surface area contributed by atoms with E-state index in [2.05, 4.69) is 18.3 Å². The molecule has 0 fully saturated rings. The van der Waals surface area contributed by atoms with Crippen molar-refractivity contribution in [1.29, 1.82) is 0 Å². The molecule has 0 aliphatic rings. The maximum atomic E-state index is 13.6. The first-order valence-corrected chi connectivity index (χ1v) is 9.45. The molecular formula is C22H31ClFNO. The molecule has 0 spiro atoms. The van der Waals surface area contributed by atoms with Gasteiger partial charge in [-0.3, -0.25) is 0 Å². The van der Waals surface area contributed by atoms with Crippen LogP contribution in [0.15, 0.2) is 48.5 Å². The molecule has 0 atom stereocenters. The van der Waals surface area contributed by atoms with Crippen LogP contribution in [0.25, 0.3) is 0 Å². The second-order valence-electron chi connectivity index (χ2n) is 6.47. The summed E-state index contributed by atoms with van der Waals surface area (Å²) in [7, 11) is 0. The monoisotopic (exact) mass is 379 g/mol. The summed E-state index contributed by atoms with van der Waals surface area (Å²) in [4.78, 5) is 0. The molecule has 4 heteroatoms. The molecule has 0 aliphatic carbocycles. The van der Waals surface area contributed by atoms with Crippen molar-refractivity contribution in [3.05, 3.63) is 65.5 Å². The van der Waals surface area contributed by atoms with Gasteiger partial charge in [-0.2, -0.15) is 0 Å². The van der Waals surface area contributed by atoms with Gasteiger partial charge < -0.3 is 10.1 Å². The van der Waals surface area contributed by atoms with Crippen LogP contribution in [0, 0.1) is 5.82 Å². The molecule has 26 heavy (non-hydrogen) atoms. The van der Waals surface area contributed by atoms with Crippen molar-refractivity contribution in [3.8, 4) is 5.75 Å². The molecular weight excluding hydrogens is 349 g/mol. The van der Waals surface area contributed by atoms with Crippen molar-refractivity contribution in [2.45, 2.75) is 58.6 Å². The molecule has 0 aromatic heterocycles. The molecule has 2 aromatic rings. The second kappa shape index (κ2) is 13.6. The third-order valence-electron chi connectivity index (χ3n) is 4.29. The molecule has 1 N–H and O–H groups in total. The standard InChI is InChI=1S/C22H30FNO.ClH/c1-2-3-4-5-6-9-15-24-17-19-11-10-13-21(16-19)25-18-20-12-7-8-14-22(20)23;/h7-8,10-14,16,24H,2-6,9,15,17-18H2,1H3;1H. The largest absolute Gasteiger partial charge is 0.489 e. The first-order valence-electron chi connectivity index (χ1n) is 9.45. The Kier molecular flexibility index (Phi) is 11.7. The molecule has 2 rings (SSSR count). The molecule has 0 saturated heterocycles. The summed E-state index contributed by atoms with van der Waals surface area (Å²) in [5.41, 5.74) is 1.77. The lowest BCUT2D eigenvalue weighted by Gasteiger charge is -2.10. The number of unbranched alkanes of at least 4 members (excludes halogenated alkanes) is 5. The van der Waals surface area contributed by atoms with Gasteiger partial charge in [-0.1, -0.05) is 69.4 Å². The molecule has 0 aliphatic heterocycles. The number of rotatable bonds is 12. The Morgan fingerprint density at radius 2 is 1.69 bits per heavy atom. The Bertz CT molecular complexity index is 621. The fraction of sp³-hybridized carbons (Fsp3) is 0.455. The van der Waals surface area contributed by atoms with E-state index in [1.807, 2.05) is 24.3 Å². The molecule has 0 bridgehead atoms. The highest BCUT2D eigenvalue weighted by Gasteiger charge is 2.02. The van der Waals surface area contributed by atoms with E-state index in [4.69, 9.17) is 4.74 Å². The van der Waals surface area contributed by atoms with Gasteiger partial charge in [0.25, 0.3) is 0 Å². The predicted molar refractivity (Wildman–Crippen MR) is 110 cm³/mol. The molecule has 0 unspecified atom stereocenters. The van der Waals surface area contributed by atoms with Gasteiger partial charge in [-0.05, 0) is 36.7 Å². The summed E-state index contributed by atoms with van der Waals surface area (Å²) in [6.45, 7) is 4.38. The van der Waals surface area contributed by atoms with Crippen LogP contribution < -0.4 is 10.1 Å². The smallest absolute Gasteiger partial charge is 0.129 e. The van der Waals surface area contributed by atoms with Gasteiger partial charge in [0.15, 0.2) is 0 Å². The first kappa shape index (κ1) is 22.5. The topological polar surface area (TPSA) is 21.3 Å². The summed E-state index contributed by atoms with van der Waals surface area (Å²) >= 11 is 0. The summed E-state index contributed by atoms with van der Waals surface area (Å²) in [6.07, 6.45) is 7.89. The van der Waals surface area contributed by atoms with Crippen LogP contribution in [-0.2, 0) is 13.2 Å². The number of ether oxygens (including phenoxy) is 1. The van der Waals surface area contributed by atoms with Crippen LogP contribution >= 0.6 is 12.4 Å². The SMILES string of the molecule is CCCCCCCCNCc1cccc(OCc2ccccc2F)c1.Cl. The van der Waals surface area contributed by atoms with Gasteiger partial charge in [0.05, 0.1) is 0 Å².